The fourth-order valence-electron chi connectivity index (χ4n) is 2.99. The molecule has 0 aliphatic heterocycles. The Bertz CT molecular complexity index is 799. The summed E-state index contributed by atoms with van der Waals surface area (Å²) in [6.07, 6.45) is 4.13. The number of aromatic nitrogens is 1. The van der Waals surface area contributed by atoms with Gasteiger partial charge in [0, 0.05) is 17.6 Å². The van der Waals surface area contributed by atoms with Crippen LogP contribution in [0.2, 0.25) is 5.02 Å². The van der Waals surface area contributed by atoms with E-state index in [9.17, 15) is 8.42 Å². The van der Waals surface area contributed by atoms with Crippen molar-refractivity contribution in [3.8, 4) is 0 Å². The maximum absolute atomic E-state index is 11.5. The van der Waals surface area contributed by atoms with E-state index in [0.29, 0.717) is 18.5 Å². The van der Waals surface area contributed by atoms with Crippen molar-refractivity contribution in [2.24, 2.45) is 5.92 Å². The highest BCUT2D eigenvalue weighted by Crippen LogP contribution is 2.31. The van der Waals surface area contributed by atoms with E-state index in [1.165, 1.54) is 0 Å². The smallest absolute Gasteiger partial charge is 0.211 e. The van der Waals surface area contributed by atoms with Crippen molar-refractivity contribution in [1.82, 2.24) is 9.71 Å². The van der Waals surface area contributed by atoms with Crippen molar-refractivity contribution in [1.29, 1.82) is 0 Å². The predicted molar refractivity (Wildman–Crippen MR) is 101 cm³/mol. The highest BCUT2D eigenvalue weighted by Gasteiger charge is 2.23. The molecule has 2 aromatic rings. The first-order chi connectivity index (χ1) is 11.4. The van der Waals surface area contributed by atoms with Gasteiger partial charge in [-0.15, -0.1) is 0 Å². The summed E-state index contributed by atoms with van der Waals surface area (Å²) in [5.74, 6) is 0.574. The number of sulfonamides is 1. The Hall–Kier alpha value is -0.890. The summed E-state index contributed by atoms with van der Waals surface area (Å²) in [5, 5.41) is 5.18. The molecule has 3 rings (SSSR count). The largest absolute Gasteiger partial charge is 0.359 e. The lowest BCUT2D eigenvalue weighted by atomic mass is 9.86. The molecule has 1 fully saturated rings. The number of rotatable bonds is 6. The lowest BCUT2D eigenvalue weighted by Crippen LogP contribution is -2.34. The first kappa shape index (κ1) is 17.9. The van der Waals surface area contributed by atoms with E-state index in [0.717, 1.165) is 46.1 Å². The van der Waals surface area contributed by atoms with Gasteiger partial charge in [-0.2, -0.15) is 0 Å². The van der Waals surface area contributed by atoms with Crippen LogP contribution in [-0.4, -0.2) is 31.7 Å². The summed E-state index contributed by atoms with van der Waals surface area (Å²) in [5.41, 5.74) is 0.967. The Morgan fingerprint density at radius 3 is 2.75 bits per heavy atom. The predicted octanol–water partition coefficient (Wildman–Crippen LogP) is 3.86. The molecule has 2 N–H and O–H groups in total. The van der Waals surface area contributed by atoms with Gasteiger partial charge in [0.15, 0.2) is 5.13 Å². The molecule has 132 valence electrons. The summed E-state index contributed by atoms with van der Waals surface area (Å²) in [6.45, 7) is 2.22. The van der Waals surface area contributed by atoms with Gasteiger partial charge in [-0.1, -0.05) is 22.9 Å². The number of thiazole rings is 1. The third-order valence-electron chi connectivity index (χ3n) is 4.50. The van der Waals surface area contributed by atoms with Crippen LogP contribution in [-0.2, 0) is 10.0 Å². The van der Waals surface area contributed by atoms with Gasteiger partial charge in [-0.25, -0.2) is 18.1 Å². The molecule has 8 heteroatoms. The van der Waals surface area contributed by atoms with E-state index >= 15 is 0 Å². The third-order valence-corrected chi connectivity index (χ3v) is 7.05. The van der Waals surface area contributed by atoms with Crippen LogP contribution in [0, 0.1) is 5.92 Å². The van der Waals surface area contributed by atoms with Crippen LogP contribution >= 0.6 is 22.9 Å². The SMILES string of the molecule is CCS(=O)(=O)NCC1CCC(Nc2nc3ccc(Cl)cc3s2)CC1. The highest BCUT2D eigenvalue weighted by atomic mass is 35.5. The van der Waals surface area contributed by atoms with E-state index in [1.54, 1.807) is 18.3 Å². The van der Waals surface area contributed by atoms with E-state index in [4.69, 9.17) is 11.6 Å². The molecule has 0 amide bonds. The fraction of sp³-hybridized carbons (Fsp3) is 0.562. The van der Waals surface area contributed by atoms with Crippen LogP contribution in [0.1, 0.15) is 32.6 Å². The van der Waals surface area contributed by atoms with Gasteiger partial charge in [-0.3, -0.25) is 0 Å². The number of fused-ring (bicyclic) bond motifs is 1. The minimum absolute atomic E-state index is 0.144. The summed E-state index contributed by atoms with van der Waals surface area (Å²) in [7, 11) is -3.08. The standard InChI is InChI=1S/C16H22ClN3O2S2/c1-2-24(21,22)18-10-11-3-6-13(7-4-11)19-16-20-14-8-5-12(17)9-15(14)23-16/h5,8-9,11,13,18H,2-4,6-7,10H2,1H3,(H,19,20). The van der Waals surface area contributed by atoms with Crippen LogP contribution in [0.15, 0.2) is 18.2 Å². The molecule has 1 aromatic heterocycles. The van der Waals surface area contributed by atoms with Crippen molar-refractivity contribution in [2.45, 2.75) is 38.6 Å². The molecule has 1 aliphatic carbocycles. The molecule has 1 aliphatic rings. The van der Waals surface area contributed by atoms with Crippen LogP contribution in [0.5, 0.6) is 0 Å². The lowest BCUT2D eigenvalue weighted by Gasteiger charge is -2.29. The Kier molecular flexibility index (Phi) is 5.64. The number of nitrogens with zero attached hydrogens (tertiary/aromatic N) is 1. The van der Waals surface area contributed by atoms with Crippen LogP contribution in [0.3, 0.4) is 0 Å². The van der Waals surface area contributed by atoms with E-state index in [1.807, 2.05) is 18.2 Å². The fourth-order valence-corrected chi connectivity index (χ4v) is 4.91. The minimum atomic E-state index is -3.08. The van der Waals surface area contributed by atoms with Gasteiger partial charge < -0.3 is 5.32 Å². The van der Waals surface area contributed by atoms with Gasteiger partial charge in [0.05, 0.1) is 16.0 Å². The molecule has 1 aromatic carbocycles. The Balaban J connectivity index is 1.51. The van der Waals surface area contributed by atoms with E-state index < -0.39 is 10.0 Å². The van der Waals surface area contributed by atoms with Crippen LogP contribution in [0.4, 0.5) is 5.13 Å². The summed E-state index contributed by atoms with van der Waals surface area (Å²) < 4.78 is 26.8. The van der Waals surface area contributed by atoms with Gasteiger partial charge >= 0.3 is 0 Å². The number of halogens is 1. The second-order valence-corrected chi connectivity index (χ2v) is 9.81. The van der Waals surface area contributed by atoms with Crippen molar-refractivity contribution in [2.75, 3.05) is 17.6 Å². The van der Waals surface area contributed by atoms with Crippen molar-refractivity contribution in [3.63, 3.8) is 0 Å². The number of anilines is 1. The van der Waals surface area contributed by atoms with Gasteiger partial charge in [0.1, 0.15) is 0 Å². The third kappa shape index (κ3) is 4.59. The maximum atomic E-state index is 11.5. The Labute approximate surface area is 151 Å². The number of nitrogens with one attached hydrogen (secondary N) is 2. The molecule has 0 spiro atoms. The molecule has 0 atom stereocenters. The molecule has 5 nitrogen and oxygen atoms in total. The zero-order chi connectivity index (χ0) is 17.2. The first-order valence-electron chi connectivity index (χ1n) is 8.25. The summed E-state index contributed by atoms with van der Waals surface area (Å²) >= 11 is 7.64. The Morgan fingerprint density at radius 2 is 2.04 bits per heavy atom. The number of hydrogen-bond acceptors (Lipinski definition) is 5. The van der Waals surface area contributed by atoms with Crippen molar-refractivity contribution >= 4 is 48.3 Å². The normalized spacial score (nSPS) is 21.9. The summed E-state index contributed by atoms with van der Waals surface area (Å²) in [6, 6.07) is 6.14. The molecule has 1 heterocycles. The Morgan fingerprint density at radius 1 is 1.29 bits per heavy atom. The minimum Gasteiger partial charge on any atom is -0.359 e. The average molecular weight is 388 g/mol. The second kappa shape index (κ2) is 7.56. The summed E-state index contributed by atoms with van der Waals surface area (Å²) in [4.78, 5) is 4.60. The van der Waals surface area contributed by atoms with Gasteiger partial charge in [0.25, 0.3) is 0 Å². The zero-order valence-corrected chi connectivity index (χ0v) is 16.0. The first-order valence-corrected chi connectivity index (χ1v) is 11.1. The maximum Gasteiger partial charge on any atom is 0.211 e. The molecular weight excluding hydrogens is 366 g/mol. The monoisotopic (exact) mass is 387 g/mol. The van der Waals surface area contributed by atoms with Gasteiger partial charge in [0.2, 0.25) is 10.0 Å². The molecule has 0 saturated heterocycles. The molecule has 1 saturated carbocycles. The van der Waals surface area contributed by atoms with E-state index in [-0.39, 0.29) is 5.75 Å². The molecule has 24 heavy (non-hydrogen) atoms. The highest BCUT2D eigenvalue weighted by molar-refractivity contribution is 7.89. The zero-order valence-electron chi connectivity index (χ0n) is 13.6. The topological polar surface area (TPSA) is 71.1 Å². The molecule has 0 radical (unpaired) electrons. The number of benzene rings is 1. The molecule has 0 unspecified atom stereocenters. The molecule has 0 bridgehead atoms. The lowest BCUT2D eigenvalue weighted by molar-refractivity contribution is 0.337. The van der Waals surface area contributed by atoms with Crippen molar-refractivity contribution < 1.29 is 8.42 Å². The number of hydrogen-bond donors (Lipinski definition) is 2. The van der Waals surface area contributed by atoms with Crippen molar-refractivity contribution in [3.05, 3.63) is 23.2 Å². The molecular formula is C16H22ClN3O2S2. The van der Waals surface area contributed by atoms with Crippen LogP contribution in [0.25, 0.3) is 10.2 Å². The second-order valence-electron chi connectivity index (χ2n) is 6.24. The van der Waals surface area contributed by atoms with Gasteiger partial charge in [-0.05, 0) is 56.7 Å². The van der Waals surface area contributed by atoms with E-state index in [2.05, 4.69) is 15.0 Å². The van der Waals surface area contributed by atoms with Crippen LogP contribution < -0.4 is 10.0 Å². The average Bonchev–Trinajstić information content (AvgIpc) is 2.95. The quantitative estimate of drug-likeness (QED) is 0.789.